The number of nitrogens with one attached hydrogen (secondary N) is 1. The molecule has 5 rings (SSSR count). The van der Waals surface area contributed by atoms with Crippen molar-refractivity contribution >= 4 is 11.8 Å². The van der Waals surface area contributed by atoms with Crippen LogP contribution in [0, 0.1) is 11.8 Å². The number of ether oxygens (including phenoxy) is 1. The number of esters is 1. The van der Waals surface area contributed by atoms with E-state index in [9.17, 15) is 4.79 Å². The van der Waals surface area contributed by atoms with Crippen LogP contribution in [0.3, 0.4) is 0 Å². The molecule has 3 aliphatic rings. The summed E-state index contributed by atoms with van der Waals surface area (Å²) in [7, 11) is 0. The molecule has 1 aromatic heterocycles. The summed E-state index contributed by atoms with van der Waals surface area (Å²) >= 11 is 0. The maximum atomic E-state index is 12.7. The number of fused-ring (bicyclic) bond motifs is 1. The van der Waals surface area contributed by atoms with Gasteiger partial charge in [0.25, 0.3) is 0 Å². The number of nitrogens with zero attached hydrogens (tertiary/aromatic N) is 3. The van der Waals surface area contributed by atoms with Gasteiger partial charge >= 0.3 is 5.97 Å². The van der Waals surface area contributed by atoms with Crippen molar-refractivity contribution in [1.29, 1.82) is 0 Å². The van der Waals surface area contributed by atoms with E-state index in [2.05, 4.69) is 33.8 Å². The second-order valence-corrected chi connectivity index (χ2v) is 10.2. The summed E-state index contributed by atoms with van der Waals surface area (Å²) in [5.41, 5.74) is 4.81. The number of aromatic nitrogens is 1. The molecule has 2 fully saturated rings. The second kappa shape index (κ2) is 10.8. The predicted molar refractivity (Wildman–Crippen MR) is 139 cm³/mol. The molecular formula is C29H38N4O2. The van der Waals surface area contributed by atoms with Gasteiger partial charge in [-0.2, -0.15) is 0 Å². The van der Waals surface area contributed by atoms with Gasteiger partial charge in [0.05, 0.1) is 6.61 Å². The first-order valence-electron chi connectivity index (χ1n) is 13.2. The third-order valence-electron chi connectivity index (χ3n) is 7.84. The Morgan fingerprint density at radius 1 is 1.17 bits per heavy atom. The molecule has 0 saturated carbocycles. The highest BCUT2D eigenvalue weighted by atomic mass is 16.5. The van der Waals surface area contributed by atoms with Crippen LogP contribution >= 0.6 is 0 Å². The molecule has 6 heteroatoms. The predicted octanol–water partition coefficient (Wildman–Crippen LogP) is 4.44. The first-order chi connectivity index (χ1) is 17.1. The van der Waals surface area contributed by atoms with Gasteiger partial charge < -0.3 is 15.0 Å². The molecule has 6 nitrogen and oxygen atoms in total. The lowest BCUT2D eigenvalue weighted by Gasteiger charge is -2.47. The van der Waals surface area contributed by atoms with Crippen molar-refractivity contribution in [3.8, 4) is 0 Å². The molecule has 0 amide bonds. The minimum Gasteiger partial charge on any atom is -0.465 e. The van der Waals surface area contributed by atoms with Crippen molar-refractivity contribution in [2.75, 3.05) is 44.6 Å². The molecule has 2 aromatic rings. The standard InChI is InChI=1S/C29H38N4O2/c1-3-35-29(34)27(23-8-5-4-6-9-23)33-19-25(20-33)21(2)32-16-13-22(14-17-32)18-26-12-11-24-10-7-15-30-28(24)31-26/h4-6,8-9,11-12,22,25,27H,2-3,7,10,13-20H2,1H3,(H,30,31). The minimum atomic E-state index is -0.329. The molecule has 1 atom stereocenters. The highest BCUT2D eigenvalue weighted by Crippen LogP contribution is 2.35. The minimum absolute atomic E-state index is 0.158. The molecule has 1 unspecified atom stereocenters. The molecule has 0 aliphatic carbocycles. The lowest BCUT2D eigenvalue weighted by molar-refractivity contribution is -0.152. The van der Waals surface area contributed by atoms with Crippen molar-refractivity contribution in [1.82, 2.24) is 14.8 Å². The van der Waals surface area contributed by atoms with Crippen molar-refractivity contribution < 1.29 is 9.53 Å². The Hall–Kier alpha value is -2.86. The van der Waals surface area contributed by atoms with Gasteiger partial charge in [-0.15, -0.1) is 0 Å². The van der Waals surface area contributed by atoms with Crippen LogP contribution in [-0.4, -0.2) is 60.1 Å². The zero-order chi connectivity index (χ0) is 24.2. The molecular weight excluding hydrogens is 436 g/mol. The molecule has 3 aliphatic heterocycles. The smallest absolute Gasteiger partial charge is 0.328 e. The SMILES string of the molecule is C=C(C1CN(C(C(=O)OCC)c2ccccc2)C1)N1CCC(Cc2ccc3c(n2)NCCC3)CC1. The highest BCUT2D eigenvalue weighted by Gasteiger charge is 2.40. The molecule has 4 heterocycles. The summed E-state index contributed by atoms with van der Waals surface area (Å²) in [5.74, 6) is 2.03. The van der Waals surface area contributed by atoms with Crippen molar-refractivity contribution in [3.63, 3.8) is 0 Å². The molecule has 0 spiro atoms. The molecule has 1 aromatic carbocycles. The summed E-state index contributed by atoms with van der Waals surface area (Å²) in [5, 5.41) is 3.46. The van der Waals surface area contributed by atoms with Gasteiger partial charge in [0.2, 0.25) is 0 Å². The quantitative estimate of drug-likeness (QED) is 0.571. The van der Waals surface area contributed by atoms with Gasteiger partial charge in [0.15, 0.2) is 0 Å². The zero-order valence-electron chi connectivity index (χ0n) is 20.9. The van der Waals surface area contributed by atoms with Crippen molar-refractivity contribution in [2.45, 2.75) is 45.1 Å². The molecule has 1 N–H and O–H groups in total. The fraction of sp³-hybridized carbons (Fsp3) is 0.517. The first kappa shape index (κ1) is 23.9. The topological polar surface area (TPSA) is 57.7 Å². The van der Waals surface area contributed by atoms with E-state index in [1.807, 2.05) is 37.3 Å². The van der Waals surface area contributed by atoms with Crippen LogP contribution in [0.1, 0.15) is 49.0 Å². The van der Waals surface area contributed by atoms with Gasteiger partial charge in [-0.05, 0) is 62.1 Å². The number of pyridine rings is 1. The monoisotopic (exact) mass is 474 g/mol. The summed E-state index contributed by atoms with van der Waals surface area (Å²) < 4.78 is 5.40. The fourth-order valence-corrected chi connectivity index (χ4v) is 5.75. The van der Waals surface area contributed by atoms with Crippen LogP contribution in [0.2, 0.25) is 0 Å². The van der Waals surface area contributed by atoms with Crippen LogP contribution in [0.5, 0.6) is 0 Å². The Labute approximate surface area is 209 Å². The van der Waals surface area contributed by atoms with Crippen LogP contribution in [0.25, 0.3) is 0 Å². The first-order valence-corrected chi connectivity index (χ1v) is 13.2. The van der Waals surface area contributed by atoms with Crippen LogP contribution in [0.15, 0.2) is 54.7 Å². The van der Waals surface area contributed by atoms with Gasteiger partial charge in [-0.3, -0.25) is 4.90 Å². The summed E-state index contributed by atoms with van der Waals surface area (Å²) in [4.78, 5) is 22.3. The van der Waals surface area contributed by atoms with E-state index in [0.29, 0.717) is 18.4 Å². The number of piperidine rings is 1. The Morgan fingerprint density at radius 3 is 2.69 bits per heavy atom. The van der Waals surface area contributed by atoms with Crippen LogP contribution < -0.4 is 5.32 Å². The fourth-order valence-electron chi connectivity index (χ4n) is 5.75. The number of carbonyl (C=O) groups is 1. The van der Waals surface area contributed by atoms with Crippen LogP contribution in [-0.2, 0) is 22.4 Å². The molecule has 0 radical (unpaired) electrons. The maximum Gasteiger partial charge on any atom is 0.328 e. The Morgan fingerprint density at radius 2 is 1.94 bits per heavy atom. The number of carbonyl (C=O) groups excluding carboxylic acids is 1. The molecule has 0 bridgehead atoms. The van der Waals surface area contributed by atoms with E-state index >= 15 is 0 Å². The average molecular weight is 475 g/mol. The van der Waals surface area contributed by atoms with E-state index in [1.54, 1.807) is 0 Å². The largest absolute Gasteiger partial charge is 0.465 e. The number of benzene rings is 1. The van der Waals surface area contributed by atoms with Crippen molar-refractivity contribution in [3.05, 3.63) is 71.6 Å². The number of hydrogen-bond donors (Lipinski definition) is 1. The average Bonchev–Trinajstić information content (AvgIpc) is 2.86. The van der Waals surface area contributed by atoms with Crippen molar-refractivity contribution in [2.24, 2.45) is 11.8 Å². The Kier molecular flexibility index (Phi) is 7.37. The van der Waals surface area contributed by atoms with E-state index in [1.165, 1.54) is 36.2 Å². The van der Waals surface area contributed by atoms with Gasteiger partial charge in [0.1, 0.15) is 11.9 Å². The summed E-state index contributed by atoms with van der Waals surface area (Å²) in [6.45, 7) is 11.6. The summed E-state index contributed by atoms with van der Waals surface area (Å²) in [6.07, 6.45) is 5.75. The zero-order valence-corrected chi connectivity index (χ0v) is 20.9. The lowest BCUT2D eigenvalue weighted by Crippen LogP contribution is -2.53. The molecule has 35 heavy (non-hydrogen) atoms. The number of anilines is 1. The Balaban J connectivity index is 1.12. The lowest BCUT2D eigenvalue weighted by atomic mass is 9.88. The van der Waals surface area contributed by atoms with Gasteiger partial charge in [0, 0.05) is 50.0 Å². The maximum absolute atomic E-state index is 12.7. The number of aryl methyl sites for hydroxylation is 1. The molecule has 2 saturated heterocycles. The van der Waals surface area contributed by atoms with E-state index < -0.39 is 0 Å². The summed E-state index contributed by atoms with van der Waals surface area (Å²) in [6, 6.07) is 14.1. The van der Waals surface area contributed by atoms with E-state index in [4.69, 9.17) is 9.72 Å². The van der Waals surface area contributed by atoms with Gasteiger partial charge in [-0.25, -0.2) is 9.78 Å². The second-order valence-electron chi connectivity index (χ2n) is 10.2. The third-order valence-corrected chi connectivity index (χ3v) is 7.84. The third kappa shape index (κ3) is 5.37. The van der Waals surface area contributed by atoms with E-state index in [-0.39, 0.29) is 12.0 Å². The highest BCUT2D eigenvalue weighted by molar-refractivity contribution is 5.77. The Bertz CT molecular complexity index is 1030. The number of rotatable bonds is 8. The van der Waals surface area contributed by atoms with E-state index in [0.717, 1.165) is 56.9 Å². The van der Waals surface area contributed by atoms with Gasteiger partial charge in [-0.1, -0.05) is 43.0 Å². The number of hydrogen-bond acceptors (Lipinski definition) is 6. The number of likely N-dealkylation sites (tertiary alicyclic amines) is 2. The van der Waals surface area contributed by atoms with Crippen LogP contribution in [0.4, 0.5) is 5.82 Å². The molecule has 186 valence electrons. The normalized spacial score (nSPS) is 19.9.